The van der Waals surface area contributed by atoms with E-state index in [9.17, 15) is 0 Å². The van der Waals surface area contributed by atoms with Gasteiger partial charge < -0.3 is 4.74 Å². The molecule has 0 aliphatic heterocycles. The third-order valence-corrected chi connectivity index (χ3v) is 0.849. The highest BCUT2D eigenvalue weighted by atomic mass is 16.5. The zero-order valence-corrected chi connectivity index (χ0v) is 7.12. The Morgan fingerprint density at radius 3 is 2.40 bits per heavy atom. The molecule has 0 radical (unpaired) electrons. The molecule has 0 rings (SSSR count). The van der Waals surface area contributed by atoms with Crippen LogP contribution in [0, 0.1) is 12.0 Å². The molecule has 0 aromatic rings. The molecule has 0 saturated heterocycles. The fraction of sp³-hybridized carbons (Fsp3) is 0.750. The normalized spacial score (nSPS) is 10.0. The minimum absolute atomic E-state index is 0.107. The monoisotopic (exact) mass is 141 g/mol. The maximum Gasteiger partial charge on any atom is 0.151 e. The Bertz CT molecular complexity index is 136. The second-order valence-electron chi connectivity index (χ2n) is 3.07. The summed E-state index contributed by atoms with van der Waals surface area (Å²) in [5.74, 6) is 2.64. The van der Waals surface area contributed by atoms with Crippen LogP contribution in [0.2, 0.25) is 0 Å². The summed E-state index contributed by atoms with van der Waals surface area (Å²) in [7, 11) is 0. The predicted molar refractivity (Wildman–Crippen MR) is 42.3 cm³/mol. The third kappa shape index (κ3) is 7.32. The predicted octanol–water partition coefficient (Wildman–Crippen LogP) is 1.33. The lowest BCUT2D eigenvalue weighted by Crippen LogP contribution is -2.36. The van der Waals surface area contributed by atoms with Crippen molar-refractivity contribution in [3.8, 4) is 12.0 Å². The van der Waals surface area contributed by atoms with Gasteiger partial charge in [-0.25, -0.2) is 0 Å². The highest BCUT2D eigenvalue weighted by Gasteiger charge is 2.06. The summed E-state index contributed by atoms with van der Waals surface area (Å²) in [5, 5.41) is 3.13. The lowest BCUT2D eigenvalue weighted by molar-refractivity contribution is 0.208. The Hall–Kier alpha value is -0.680. The van der Waals surface area contributed by atoms with Crippen LogP contribution in [-0.2, 0) is 4.74 Å². The minimum Gasteiger partial charge on any atom is -0.431 e. The van der Waals surface area contributed by atoms with Gasteiger partial charge >= 0.3 is 0 Å². The van der Waals surface area contributed by atoms with E-state index in [-0.39, 0.29) is 5.54 Å². The molecule has 0 spiro atoms. The van der Waals surface area contributed by atoms with E-state index >= 15 is 0 Å². The Morgan fingerprint density at radius 1 is 1.40 bits per heavy atom. The SMILES string of the molecule is CC#COCNC(C)(C)C. The van der Waals surface area contributed by atoms with Crippen LogP contribution >= 0.6 is 0 Å². The molecule has 0 aliphatic carbocycles. The molecule has 0 amide bonds. The first-order chi connectivity index (χ1) is 4.56. The first kappa shape index (κ1) is 9.32. The van der Waals surface area contributed by atoms with Crippen LogP contribution in [0.4, 0.5) is 0 Å². The first-order valence-electron chi connectivity index (χ1n) is 3.35. The molecule has 10 heavy (non-hydrogen) atoms. The van der Waals surface area contributed by atoms with E-state index in [1.54, 1.807) is 6.92 Å². The van der Waals surface area contributed by atoms with Crippen molar-refractivity contribution in [1.29, 1.82) is 0 Å². The smallest absolute Gasteiger partial charge is 0.151 e. The van der Waals surface area contributed by atoms with Crippen LogP contribution in [0.5, 0.6) is 0 Å². The van der Waals surface area contributed by atoms with Gasteiger partial charge in [-0.05, 0) is 20.8 Å². The molecule has 58 valence electrons. The Morgan fingerprint density at radius 2 is 2.00 bits per heavy atom. The third-order valence-electron chi connectivity index (χ3n) is 0.849. The molecule has 0 aliphatic rings. The van der Waals surface area contributed by atoms with Crippen molar-refractivity contribution in [1.82, 2.24) is 5.32 Å². The van der Waals surface area contributed by atoms with Crippen molar-refractivity contribution in [2.75, 3.05) is 6.73 Å². The van der Waals surface area contributed by atoms with Crippen molar-refractivity contribution in [3.05, 3.63) is 0 Å². The van der Waals surface area contributed by atoms with Crippen LogP contribution in [0.3, 0.4) is 0 Å². The summed E-state index contributed by atoms with van der Waals surface area (Å²) < 4.78 is 4.89. The Labute approximate surface area is 63.0 Å². The fourth-order valence-electron chi connectivity index (χ4n) is 0.361. The molecule has 0 heterocycles. The number of nitrogens with one attached hydrogen (secondary N) is 1. The maximum atomic E-state index is 4.89. The van der Waals surface area contributed by atoms with Gasteiger partial charge in [0.2, 0.25) is 0 Å². The highest BCUT2D eigenvalue weighted by Crippen LogP contribution is 1.96. The molecule has 0 saturated carbocycles. The minimum atomic E-state index is 0.107. The van der Waals surface area contributed by atoms with Crippen LogP contribution in [0.1, 0.15) is 27.7 Å². The van der Waals surface area contributed by atoms with Gasteiger partial charge in [0.25, 0.3) is 0 Å². The largest absolute Gasteiger partial charge is 0.431 e. The Balaban J connectivity index is 3.26. The molecule has 2 nitrogen and oxygen atoms in total. The van der Waals surface area contributed by atoms with Gasteiger partial charge in [0.05, 0.1) is 0 Å². The molecular weight excluding hydrogens is 126 g/mol. The average Bonchev–Trinajstić information content (AvgIpc) is 1.78. The van der Waals surface area contributed by atoms with Gasteiger partial charge in [-0.1, -0.05) is 5.92 Å². The van der Waals surface area contributed by atoms with E-state index in [1.807, 2.05) is 0 Å². The molecule has 0 aromatic heterocycles. The lowest BCUT2D eigenvalue weighted by Gasteiger charge is -2.18. The van der Waals surface area contributed by atoms with Crippen molar-refractivity contribution >= 4 is 0 Å². The van der Waals surface area contributed by atoms with E-state index < -0.39 is 0 Å². The van der Waals surface area contributed by atoms with Crippen molar-refractivity contribution in [2.24, 2.45) is 0 Å². The second-order valence-corrected chi connectivity index (χ2v) is 3.07. The topological polar surface area (TPSA) is 21.3 Å². The molecule has 0 bridgehead atoms. The molecule has 1 N–H and O–H groups in total. The summed E-state index contributed by atoms with van der Waals surface area (Å²) in [5.41, 5.74) is 0.107. The van der Waals surface area contributed by atoms with Crippen LogP contribution in [-0.4, -0.2) is 12.3 Å². The number of hydrogen-bond donors (Lipinski definition) is 1. The average molecular weight is 141 g/mol. The van der Waals surface area contributed by atoms with E-state index in [2.05, 4.69) is 38.1 Å². The summed E-state index contributed by atoms with van der Waals surface area (Å²) in [6, 6.07) is 0. The quantitative estimate of drug-likeness (QED) is 0.356. The van der Waals surface area contributed by atoms with Gasteiger partial charge in [0, 0.05) is 12.5 Å². The van der Waals surface area contributed by atoms with Crippen LogP contribution in [0.15, 0.2) is 0 Å². The molecule has 0 fully saturated rings. The zero-order chi connectivity index (χ0) is 8.04. The standard InChI is InChI=1S/C8H15NO/c1-5-6-10-7-9-8(2,3)4/h9H,7H2,1-4H3. The van der Waals surface area contributed by atoms with Gasteiger partial charge in [0.1, 0.15) is 6.11 Å². The molecule has 0 unspecified atom stereocenters. The molecule has 0 aromatic carbocycles. The molecular formula is C8H15NO. The summed E-state index contributed by atoms with van der Waals surface area (Å²) in [6.07, 6.45) is 2.51. The zero-order valence-electron chi connectivity index (χ0n) is 7.12. The summed E-state index contributed by atoms with van der Waals surface area (Å²) in [6.45, 7) is 8.47. The van der Waals surface area contributed by atoms with E-state index in [0.717, 1.165) is 0 Å². The summed E-state index contributed by atoms with van der Waals surface area (Å²) in [4.78, 5) is 0. The van der Waals surface area contributed by atoms with Gasteiger partial charge in [-0.3, -0.25) is 5.32 Å². The van der Waals surface area contributed by atoms with E-state index in [0.29, 0.717) is 6.73 Å². The lowest BCUT2D eigenvalue weighted by atomic mass is 10.1. The van der Waals surface area contributed by atoms with Crippen LogP contribution in [0.25, 0.3) is 0 Å². The van der Waals surface area contributed by atoms with Crippen molar-refractivity contribution in [3.63, 3.8) is 0 Å². The number of hydrogen-bond acceptors (Lipinski definition) is 2. The van der Waals surface area contributed by atoms with Gasteiger partial charge in [-0.15, -0.1) is 0 Å². The first-order valence-corrected chi connectivity index (χ1v) is 3.35. The fourth-order valence-corrected chi connectivity index (χ4v) is 0.361. The van der Waals surface area contributed by atoms with Gasteiger partial charge in [-0.2, -0.15) is 0 Å². The molecule has 0 atom stereocenters. The summed E-state index contributed by atoms with van der Waals surface area (Å²) >= 11 is 0. The van der Waals surface area contributed by atoms with Crippen LogP contribution < -0.4 is 5.32 Å². The number of ether oxygens (including phenoxy) is 1. The Kier molecular flexibility index (Phi) is 3.90. The maximum absolute atomic E-state index is 4.89. The highest BCUT2D eigenvalue weighted by molar-refractivity contribution is 4.85. The molecule has 2 heteroatoms. The van der Waals surface area contributed by atoms with E-state index in [4.69, 9.17) is 4.74 Å². The van der Waals surface area contributed by atoms with Gasteiger partial charge in [0.15, 0.2) is 6.73 Å². The van der Waals surface area contributed by atoms with Crippen molar-refractivity contribution < 1.29 is 4.74 Å². The number of rotatable bonds is 2. The van der Waals surface area contributed by atoms with Crippen molar-refractivity contribution in [2.45, 2.75) is 33.2 Å². The van der Waals surface area contributed by atoms with E-state index in [1.165, 1.54) is 0 Å². The second kappa shape index (κ2) is 4.19.